The van der Waals surface area contributed by atoms with E-state index in [1.54, 1.807) is 19.2 Å². The van der Waals surface area contributed by atoms with Crippen LogP contribution >= 0.6 is 0 Å². The van der Waals surface area contributed by atoms with Gasteiger partial charge in [0, 0.05) is 18.7 Å². The van der Waals surface area contributed by atoms with Gasteiger partial charge in [0.25, 0.3) is 0 Å². The predicted molar refractivity (Wildman–Crippen MR) is 82.7 cm³/mol. The number of hydrogen-bond donors (Lipinski definition) is 1. The lowest BCUT2D eigenvalue weighted by atomic mass is 10.0. The van der Waals surface area contributed by atoms with Crippen molar-refractivity contribution in [3.63, 3.8) is 0 Å². The lowest BCUT2D eigenvalue weighted by Gasteiger charge is -2.28. The number of benzene rings is 2. The van der Waals surface area contributed by atoms with Crippen LogP contribution in [0.3, 0.4) is 0 Å². The van der Waals surface area contributed by atoms with E-state index in [0.717, 1.165) is 16.9 Å². The van der Waals surface area contributed by atoms with Crippen molar-refractivity contribution in [3.8, 4) is 5.75 Å². The minimum absolute atomic E-state index is 0.0474. The van der Waals surface area contributed by atoms with Crippen molar-refractivity contribution in [2.24, 2.45) is 5.73 Å². The number of methoxy groups -OCH3 is 1. The second-order valence-electron chi connectivity index (χ2n) is 5.04. The van der Waals surface area contributed by atoms with Crippen LogP contribution in [0.2, 0.25) is 0 Å². The van der Waals surface area contributed by atoms with Crippen LogP contribution in [0.15, 0.2) is 48.5 Å². The normalized spacial score (nSPS) is 12.4. The molecule has 0 heterocycles. The molecule has 0 amide bonds. The SMILES string of the molecule is COc1ccccc1C(CN)N(C)Cc1ccc(F)cc1. The minimum Gasteiger partial charge on any atom is -0.496 e. The Morgan fingerprint density at radius 2 is 1.81 bits per heavy atom. The van der Waals surface area contributed by atoms with Gasteiger partial charge in [0.1, 0.15) is 11.6 Å². The van der Waals surface area contributed by atoms with E-state index in [4.69, 9.17) is 10.5 Å². The van der Waals surface area contributed by atoms with Crippen LogP contribution in [0.5, 0.6) is 5.75 Å². The van der Waals surface area contributed by atoms with Gasteiger partial charge in [0.05, 0.1) is 13.2 Å². The molecule has 1 atom stereocenters. The Bertz CT molecular complexity index is 571. The van der Waals surface area contributed by atoms with E-state index >= 15 is 0 Å². The molecule has 0 saturated heterocycles. The summed E-state index contributed by atoms with van der Waals surface area (Å²) in [6, 6.07) is 14.5. The van der Waals surface area contributed by atoms with E-state index in [1.165, 1.54) is 12.1 Å². The highest BCUT2D eigenvalue weighted by Gasteiger charge is 2.19. The standard InChI is InChI=1S/C17H21FN2O/c1-20(12-13-7-9-14(18)10-8-13)16(11-19)15-5-3-4-6-17(15)21-2/h3-10,16H,11-12,19H2,1-2H3. The number of rotatable bonds is 6. The van der Waals surface area contributed by atoms with Gasteiger partial charge in [-0.1, -0.05) is 30.3 Å². The first-order valence-electron chi connectivity index (χ1n) is 6.93. The first-order valence-corrected chi connectivity index (χ1v) is 6.93. The van der Waals surface area contributed by atoms with Crippen molar-refractivity contribution in [3.05, 3.63) is 65.5 Å². The molecule has 21 heavy (non-hydrogen) atoms. The smallest absolute Gasteiger partial charge is 0.123 e. The maximum Gasteiger partial charge on any atom is 0.123 e. The van der Waals surface area contributed by atoms with Crippen LogP contribution in [-0.2, 0) is 6.54 Å². The molecule has 112 valence electrons. The van der Waals surface area contributed by atoms with E-state index in [1.807, 2.05) is 31.3 Å². The van der Waals surface area contributed by atoms with Gasteiger partial charge in [-0.2, -0.15) is 0 Å². The molecule has 0 spiro atoms. The van der Waals surface area contributed by atoms with Crippen molar-refractivity contribution in [2.75, 3.05) is 20.7 Å². The van der Waals surface area contributed by atoms with Crippen molar-refractivity contribution < 1.29 is 9.13 Å². The molecule has 1 unspecified atom stereocenters. The zero-order chi connectivity index (χ0) is 15.2. The lowest BCUT2D eigenvalue weighted by Crippen LogP contribution is -2.30. The Kier molecular flexibility index (Phi) is 5.31. The molecule has 0 aliphatic rings. The molecule has 2 rings (SSSR count). The summed E-state index contributed by atoms with van der Waals surface area (Å²) < 4.78 is 18.4. The molecule has 0 radical (unpaired) electrons. The Morgan fingerprint density at radius 1 is 1.14 bits per heavy atom. The summed E-state index contributed by atoms with van der Waals surface area (Å²) in [4.78, 5) is 2.14. The largest absolute Gasteiger partial charge is 0.496 e. The molecule has 2 aromatic carbocycles. The summed E-state index contributed by atoms with van der Waals surface area (Å²) in [5, 5.41) is 0. The van der Waals surface area contributed by atoms with Gasteiger partial charge in [0.2, 0.25) is 0 Å². The van der Waals surface area contributed by atoms with Gasteiger partial charge in [-0.3, -0.25) is 4.90 Å². The Hall–Kier alpha value is -1.91. The number of nitrogens with two attached hydrogens (primary N) is 1. The molecule has 2 N–H and O–H groups in total. The molecule has 0 aliphatic heterocycles. The third kappa shape index (κ3) is 3.80. The fraction of sp³-hybridized carbons (Fsp3) is 0.294. The first kappa shape index (κ1) is 15.5. The predicted octanol–water partition coefficient (Wildman–Crippen LogP) is 2.97. The van der Waals surface area contributed by atoms with Crippen LogP contribution in [-0.4, -0.2) is 25.6 Å². The topological polar surface area (TPSA) is 38.5 Å². The molecule has 2 aromatic rings. The molecule has 4 heteroatoms. The third-order valence-electron chi connectivity index (χ3n) is 3.60. The van der Waals surface area contributed by atoms with Crippen LogP contribution in [0.1, 0.15) is 17.2 Å². The molecule has 0 aliphatic carbocycles. The third-order valence-corrected chi connectivity index (χ3v) is 3.60. The molecular weight excluding hydrogens is 267 g/mol. The fourth-order valence-corrected chi connectivity index (χ4v) is 2.47. The second kappa shape index (κ2) is 7.20. The summed E-state index contributed by atoms with van der Waals surface area (Å²) in [6.07, 6.45) is 0. The Morgan fingerprint density at radius 3 is 2.43 bits per heavy atom. The summed E-state index contributed by atoms with van der Waals surface area (Å²) >= 11 is 0. The summed E-state index contributed by atoms with van der Waals surface area (Å²) in [5.74, 6) is 0.611. The highest BCUT2D eigenvalue weighted by Crippen LogP contribution is 2.28. The highest BCUT2D eigenvalue weighted by atomic mass is 19.1. The zero-order valence-corrected chi connectivity index (χ0v) is 12.4. The van der Waals surface area contributed by atoms with Crippen LogP contribution in [0.25, 0.3) is 0 Å². The van der Waals surface area contributed by atoms with Gasteiger partial charge < -0.3 is 10.5 Å². The molecule has 0 fully saturated rings. The van der Waals surface area contributed by atoms with E-state index in [2.05, 4.69) is 4.90 Å². The molecular formula is C17H21FN2O. The van der Waals surface area contributed by atoms with Crippen molar-refractivity contribution in [1.82, 2.24) is 4.90 Å². The van der Waals surface area contributed by atoms with E-state index in [9.17, 15) is 4.39 Å². The maximum atomic E-state index is 13.0. The molecule has 3 nitrogen and oxygen atoms in total. The van der Waals surface area contributed by atoms with Gasteiger partial charge >= 0.3 is 0 Å². The van der Waals surface area contributed by atoms with Gasteiger partial charge in [0.15, 0.2) is 0 Å². The number of hydrogen-bond acceptors (Lipinski definition) is 3. The number of halogens is 1. The number of ether oxygens (including phenoxy) is 1. The maximum absolute atomic E-state index is 13.0. The van der Waals surface area contributed by atoms with Gasteiger partial charge in [-0.05, 0) is 30.8 Å². The van der Waals surface area contributed by atoms with Crippen molar-refractivity contribution in [1.29, 1.82) is 0 Å². The number of likely N-dealkylation sites (N-methyl/N-ethyl adjacent to an activating group) is 1. The average Bonchev–Trinajstić information content (AvgIpc) is 2.51. The Labute approximate surface area is 125 Å². The first-order chi connectivity index (χ1) is 10.2. The molecule has 0 aromatic heterocycles. The summed E-state index contributed by atoms with van der Waals surface area (Å²) in [5.41, 5.74) is 8.06. The fourth-order valence-electron chi connectivity index (χ4n) is 2.47. The molecule has 0 saturated carbocycles. The monoisotopic (exact) mass is 288 g/mol. The second-order valence-corrected chi connectivity index (χ2v) is 5.04. The van der Waals surface area contributed by atoms with Crippen LogP contribution < -0.4 is 10.5 Å². The van der Waals surface area contributed by atoms with Gasteiger partial charge in [-0.25, -0.2) is 4.39 Å². The van der Waals surface area contributed by atoms with E-state index in [-0.39, 0.29) is 11.9 Å². The Balaban J connectivity index is 2.18. The minimum atomic E-state index is -0.221. The van der Waals surface area contributed by atoms with E-state index < -0.39 is 0 Å². The van der Waals surface area contributed by atoms with Gasteiger partial charge in [-0.15, -0.1) is 0 Å². The van der Waals surface area contributed by atoms with Crippen molar-refractivity contribution in [2.45, 2.75) is 12.6 Å². The lowest BCUT2D eigenvalue weighted by molar-refractivity contribution is 0.236. The molecule has 0 bridgehead atoms. The number of nitrogens with zero attached hydrogens (tertiary/aromatic N) is 1. The average molecular weight is 288 g/mol. The number of para-hydroxylation sites is 1. The van der Waals surface area contributed by atoms with E-state index in [0.29, 0.717) is 13.1 Å². The summed E-state index contributed by atoms with van der Waals surface area (Å²) in [7, 11) is 3.67. The van der Waals surface area contributed by atoms with Crippen molar-refractivity contribution >= 4 is 0 Å². The highest BCUT2D eigenvalue weighted by molar-refractivity contribution is 5.36. The quantitative estimate of drug-likeness (QED) is 0.888. The van der Waals surface area contributed by atoms with Crippen LogP contribution in [0, 0.1) is 5.82 Å². The zero-order valence-electron chi connectivity index (χ0n) is 12.4. The summed E-state index contributed by atoms with van der Waals surface area (Å²) in [6.45, 7) is 1.18. The van der Waals surface area contributed by atoms with Crippen LogP contribution in [0.4, 0.5) is 4.39 Å².